The number of fused-ring (bicyclic) bond motifs is 2. The van der Waals surface area contributed by atoms with E-state index in [0.29, 0.717) is 5.39 Å². The molecule has 328 valence electrons. The maximum absolute atomic E-state index is 12.3. The fourth-order valence-electron chi connectivity index (χ4n) is 5.60. The second kappa shape index (κ2) is 30.0. The highest BCUT2D eigenvalue weighted by molar-refractivity contribution is 9.11. The summed E-state index contributed by atoms with van der Waals surface area (Å²) in [5.74, 6) is 31.5. The van der Waals surface area contributed by atoms with Gasteiger partial charge < -0.3 is 4.18 Å². The van der Waals surface area contributed by atoms with E-state index in [4.69, 9.17) is 12.8 Å². The first kappa shape index (κ1) is 54.9. The SMILES string of the molecule is C#CC#CC#CC#CC#C.CCCCCCCCC#Cc1cc2cc(C#CCCCCCCCC)c(Br)cc2cc1Br.Cc1cc2cc(OS(=O)(=O)C(F)(F)F)c(Br)cc2cc1Br. The van der Waals surface area contributed by atoms with Gasteiger partial charge in [0.2, 0.25) is 0 Å². The number of hydrogen-bond donors (Lipinski definition) is 0. The predicted octanol–water partition coefficient (Wildman–Crippen LogP) is 15.7. The average molecular weight is 1130 g/mol. The van der Waals surface area contributed by atoms with Crippen LogP contribution in [0.5, 0.6) is 5.75 Å². The molecular weight excluding hydrogens is 1080 g/mol. The Balaban J connectivity index is 0.000000375. The molecule has 0 aliphatic carbocycles. The minimum atomic E-state index is -5.70. The summed E-state index contributed by atoms with van der Waals surface area (Å²) in [5, 5.41) is 3.68. The molecule has 63 heavy (non-hydrogen) atoms. The quantitative estimate of drug-likeness (QED) is 0.0547. The second-order valence-electron chi connectivity index (χ2n) is 13.9. The van der Waals surface area contributed by atoms with Crippen LogP contribution < -0.4 is 4.18 Å². The van der Waals surface area contributed by atoms with Gasteiger partial charge in [-0.2, -0.15) is 21.6 Å². The Labute approximate surface area is 406 Å². The van der Waals surface area contributed by atoms with Crippen molar-refractivity contribution in [3.05, 3.63) is 83.1 Å². The van der Waals surface area contributed by atoms with Crippen molar-refractivity contribution in [1.82, 2.24) is 0 Å². The molecule has 4 aromatic carbocycles. The molecule has 0 aliphatic rings. The van der Waals surface area contributed by atoms with Crippen LogP contribution in [0.4, 0.5) is 13.2 Å². The van der Waals surface area contributed by atoms with Gasteiger partial charge in [0.15, 0.2) is 5.75 Å². The third-order valence-electron chi connectivity index (χ3n) is 8.88. The van der Waals surface area contributed by atoms with Crippen LogP contribution in [0.1, 0.15) is 120 Å². The van der Waals surface area contributed by atoms with E-state index < -0.39 is 21.4 Å². The number of alkyl halides is 3. The Hall–Kier alpha value is -4.22. The number of benzene rings is 4. The van der Waals surface area contributed by atoms with E-state index in [-0.39, 0.29) is 4.47 Å². The van der Waals surface area contributed by atoms with Crippen molar-refractivity contribution in [2.75, 3.05) is 0 Å². The zero-order valence-corrected chi connectivity index (χ0v) is 42.6. The molecule has 0 radical (unpaired) electrons. The van der Waals surface area contributed by atoms with Crippen molar-refractivity contribution in [3.8, 4) is 89.6 Å². The number of rotatable bonds is 14. The van der Waals surface area contributed by atoms with E-state index >= 15 is 0 Å². The van der Waals surface area contributed by atoms with Crippen molar-refractivity contribution >= 4 is 95.4 Å². The van der Waals surface area contributed by atoms with Crippen LogP contribution in [0.2, 0.25) is 0 Å². The van der Waals surface area contributed by atoms with Gasteiger partial charge >= 0.3 is 15.6 Å². The summed E-state index contributed by atoms with van der Waals surface area (Å²) < 4.78 is 66.4. The van der Waals surface area contributed by atoms with Crippen molar-refractivity contribution in [2.45, 2.75) is 116 Å². The molecular formula is C52H47Br4F3O3S. The lowest BCUT2D eigenvalue weighted by molar-refractivity contribution is -0.0500. The highest BCUT2D eigenvalue weighted by Crippen LogP contribution is 2.36. The van der Waals surface area contributed by atoms with Gasteiger partial charge in [-0.15, -0.1) is 12.8 Å². The Morgan fingerprint density at radius 3 is 1.37 bits per heavy atom. The van der Waals surface area contributed by atoms with Gasteiger partial charge in [-0.1, -0.05) is 124 Å². The summed E-state index contributed by atoms with van der Waals surface area (Å²) in [6, 6.07) is 14.9. The van der Waals surface area contributed by atoms with Crippen molar-refractivity contribution in [2.24, 2.45) is 0 Å². The van der Waals surface area contributed by atoms with Crippen molar-refractivity contribution in [3.63, 3.8) is 0 Å². The van der Waals surface area contributed by atoms with Gasteiger partial charge in [0.1, 0.15) is 0 Å². The van der Waals surface area contributed by atoms with Gasteiger partial charge in [-0.3, -0.25) is 0 Å². The van der Waals surface area contributed by atoms with Crippen LogP contribution in [0, 0.1) is 90.8 Å². The molecule has 0 N–H and O–H groups in total. The van der Waals surface area contributed by atoms with Crippen LogP contribution in [-0.4, -0.2) is 13.9 Å². The van der Waals surface area contributed by atoms with Crippen LogP contribution in [-0.2, 0) is 10.1 Å². The van der Waals surface area contributed by atoms with Gasteiger partial charge in [-0.25, -0.2) is 0 Å². The summed E-state index contributed by atoms with van der Waals surface area (Å²) in [7, 11) is -5.70. The normalized spacial score (nSPS) is 10.1. The van der Waals surface area contributed by atoms with E-state index in [1.165, 1.54) is 100.0 Å². The maximum atomic E-state index is 12.3. The van der Waals surface area contributed by atoms with Gasteiger partial charge in [0, 0.05) is 37.4 Å². The lowest BCUT2D eigenvalue weighted by atomic mass is 10.0. The predicted molar refractivity (Wildman–Crippen MR) is 270 cm³/mol. The van der Waals surface area contributed by atoms with Gasteiger partial charge in [-0.05, 0) is 184 Å². The monoisotopic (exact) mass is 1120 g/mol. The van der Waals surface area contributed by atoms with E-state index in [1.807, 2.05) is 0 Å². The number of halogens is 7. The smallest absolute Gasteiger partial charge is 0.375 e. The molecule has 0 fully saturated rings. The molecule has 0 unspecified atom stereocenters. The summed E-state index contributed by atoms with van der Waals surface area (Å²) in [4.78, 5) is 0. The van der Waals surface area contributed by atoms with Gasteiger partial charge in [0.25, 0.3) is 0 Å². The minimum Gasteiger partial charge on any atom is -0.375 e. The number of aryl methyl sites for hydroxylation is 1. The topological polar surface area (TPSA) is 43.4 Å². The van der Waals surface area contributed by atoms with Crippen LogP contribution in [0.25, 0.3) is 21.5 Å². The Morgan fingerprint density at radius 2 is 0.921 bits per heavy atom. The zero-order chi connectivity index (χ0) is 46.7. The zero-order valence-electron chi connectivity index (χ0n) is 35.5. The molecule has 0 spiro atoms. The average Bonchev–Trinajstić information content (AvgIpc) is 3.23. The first-order valence-electron chi connectivity index (χ1n) is 20.3. The molecule has 0 bridgehead atoms. The second-order valence-corrected chi connectivity index (χ2v) is 18.9. The van der Waals surface area contributed by atoms with Gasteiger partial charge in [0.05, 0.1) is 4.47 Å². The summed E-state index contributed by atoms with van der Waals surface area (Å²) >= 11 is 13.8. The fourth-order valence-corrected chi connectivity index (χ4v) is 7.90. The number of unbranched alkanes of at least 4 members (excludes halogenated alkanes) is 12. The van der Waals surface area contributed by atoms with Crippen LogP contribution in [0.3, 0.4) is 0 Å². The van der Waals surface area contributed by atoms with E-state index in [0.717, 1.165) is 48.3 Å². The molecule has 0 atom stereocenters. The lowest BCUT2D eigenvalue weighted by Gasteiger charge is -2.12. The Kier molecular flexibility index (Phi) is 26.2. The number of terminal acetylenes is 2. The highest BCUT2D eigenvalue weighted by Gasteiger charge is 2.48. The third kappa shape index (κ3) is 20.9. The Bertz CT molecular complexity index is 2590. The molecule has 3 nitrogen and oxygen atoms in total. The molecule has 0 aliphatic heterocycles. The maximum Gasteiger partial charge on any atom is 0.534 e. The first-order chi connectivity index (χ1) is 30.1. The molecule has 11 heteroatoms. The highest BCUT2D eigenvalue weighted by atomic mass is 79.9. The largest absolute Gasteiger partial charge is 0.534 e. The standard InChI is InChI=1S/C30H38Br2.C12H7Br2F3O3S.C10H2/c1-3-5-7-9-11-13-15-17-19-25-21-27-22-26(30(32)24-28(27)23-29(25)31)20-18-16-14-12-10-8-6-4-2;1-6-2-7-5-11(20-21(18,19)12(15,16)17)10(14)4-8(7)3-9(6)13;1-3-5-7-9-10-8-6-4-2/h21-24H,3-16H2,1-2H3;2-5H,1H3;1-2H. The van der Waals surface area contributed by atoms with E-state index in [9.17, 15) is 21.6 Å². The third-order valence-corrected chi connectivity index (χ3v) is 12.6. The summed E-state index contributed by atoms with van der Waals surface area (Å²) in [6.07, 6.45) is 27.3. The van der Waals surface area contributed by atoms with Crippen molar-refractivity contribution < 1.29 is 25.8 Å². The van der Waals surface area contributed by atoms with Crippen LogP contribution >= 0.6 is 63.7 Å². The van der Waals surface area contributed by atoms with Crippen molar-refractivity contribution in [1.29, 1.82) is 0 Å². The lowest BCUT2D eigenvalue weighted by Crippen LogP contribution is -2.28. The van der Waals surface area contributed by atoms with Crippen LogP contribution in [0.15, 0.2) is 66.4 Å². The first-order valence-corrected chi connectivity index (χ1v) is 24.9. The number of hydrogen-bond acceptors (Lipinski definition) is 3. The molecule has 0 heterocycles. The van der Waals surface area contributed by atoms with E-state index in [1.54, 1.807) is 19.1 Å². The molecule has 4 rings (SSSR count). The Morgan fingerprint density at radius 1 is 0.540 bits per heavy atom. The summed E-state index contributed by atoms with van der Waals surface area (Å²) in [5.41, 5.74) is -2.49. The summed E-state index contributed by atoms with van der Waals surface area (Å²) in [6.45, 7) is 6.33. The minimum absolute atomic E-state index is 0.110. The van der Waals surface area contributed by atoms with E-state index in [2.05, 4.69) is 177 Å². The fraction of sp³-hybridized carbons (Fsp3) is 0.346. The molecule has 0 saturated carbocycles. The molecule has 0 aromatic heterocycles. The molecule has 0 saturated heterocycles. The molecule has 0 amide bonds. The molecule has 4 aromatic rings.